The molecule has 0 saturated carbocycles. The van der Waals surface area contributed by atoms with E-state index in [-0.39, 0.29) is 57.7 Å². The van der Waals surface area contributed by atoms with Crippen LogP contribution in [0.25, 0.3) is 11.1 Å². The van der Waals surface area contributed by atoms with Gasteiger partial charge in [0.25, 0.3) is 0 Å². The summed E-state index contributed by atoms with van der Waals surface area (Å²) in [5.41, 5.74) is 18.5. The van der Waals surface area contributed by atoms with E-state index in [1.807, 2.05) is 6.07 Å². The molecule has 1 aliphatic heterocycles. The second-order valence-corrected chi connectivity index (χ2v) is 11.9. The molecule has 4 atom stereocenters. The zero-order chi connectivity index (χ0) is 37.7. The number of hydrogen-bond donors (Lipinski definition) is 7. The molecular weight excluding hydrogens is 686 g/mol. The molecular formula is C33H42ClN9O8. The van der Waals surface area contributed by atoms with E-state index in [0.717, 1.165) is 4.90 Å². The lowest BCUT2D eigenvalue weighted by Gasteiger charge is -2.32. The van der Waals surface area contributed by atoms with Crippen molar-refractivity contribution >= 4 is 46.5 Å². The monoisotopic (exact) mass is 727 g/mol. The van der Waals surface area contributed by atoms with Gasteiger partial charge in [0, 0.05) is 44.1 Å². The third-order valence-corrected chi connectivity index (χ3v) is 7.93. The van der Waals surface area contributed by atoms with E-state index < -0.39 is 59.1 Å². The number of benzene rings is 2. The minimum Gasteiger partial charge on any atom is -0.492 e. The summed E-state index contributed by atoms with van der Waals surface area (Å²) in [7, 11) is 1.31. The smallest absolute Gasteiger partial charge is 0.314 e. The van der Waals surface area contributed by atoms with Crippen LogP contribution in [-0.4, -0.2) is 97.8 Å². The van der Waals surface area contributed by atoms with Crippen LogP contribution in [0, 0.1) is 11.3 Å². The fourth-order valence-corrected chi connectivity index (χ4v) is 5.52. The minimum absolute atomic E-state index is 0.00857. The van der Waals surface area contributed by atoms with Crippen molar-refractivity contribution in [3.63, 3.8) is 0 Å². The van der Waals surface area contributed by atoms with Crippen LogP contribution < -0.4 is 47.9 Å². The van der Waals surface area contributed by atoms with Crippen LogP contribution in [0.15, 0.2) is 36.4 Å². The number of halogens is 1. The van der Waals surface area contributed by atoms with E-state index in [9.17, 15) is 28.8 Å². The Labute approximate surface area is 299 Å². The average Bonchev–Trinajstić information content (AvgIpc) is 3.09. The molecule has 0 aromatic heterocycles. The summed E-state index contributed by atoms with van der Waals surface area (Å²) in [6.45, 7) is 1.71. The van der Waals surface area contributed by atoms with Crippen molar-refractivity contribution < 1.29 is 38.2 Å². The SMILES string of the molecule is C[C@@H]1NC(=O)[C@@H](N(C)C(=O)[C@H](CCC(N)=O)NC(=O)Cl)c2ccc(OCCN)c(c2)-c2cc(ccc2OCCN)C[C@@H](C(=O)NCC#N)NC1=O. The predicted octanol–water partition coefficient (Wildman–Crippen LogP) is -0.704. The number of carbonyl (C=O) groups excluding carboxylic acids is 6. The van der Waals surface area contributed by atoms with E-state index in [4.69, 9.17) is 43.5 Å². The number of hydrogen-bond acceptors (Lipinski definition) is 11. The molecule has 18 heteroatoms. The van der Waals surface area contributed by atoms with Gasteiger partial charge in [-0.1, -0.05) is 12.1 Å². The number of nitrogens with one attached hydrogen (secondary N) is 4. The minimum atomic E-state index is -1.44. The highest BCUT2D eigenvalue weighted by atomic mass is 35.5. The van der Waals surface area contributed by atoms with Gasteiger partial charge in [-0.2, -0.15) is 5.26 Å². The van der Waals surface area contributed by atoms with Crippen molar-refractivity contribution in [1.29, 1.82) is 5.26 Å². The normalized spacial score (nSPS) is 17.7. The zero-order valence-electron chi connectivity index (χ0n) is 28.2. The number of nitrogens with two attached hydrogens (primary N) is 3. The summed E-state index contributed by atoms with van der Waals surface area (Å²) < 4.78 is 12.0. The van der Waals surface area contributed by atoms with E-state index in [0.29, 0.717) is 28.2 Å². The van der Waals surface area contributed by atoms with Gasteiger partial charge in [-0.15, -0.1) is 0 Å². The maximum Gasteiger partial charge on any atom is 0.314 e. The Morgan fingerprint density at radius 2 is 1.65 bits per heavy atom. The molecule has 3 rings (SSSR count). The standard InChI is InChI=1S/C33H42ClN9O8/c1-18-29(45)41-24(30(46)39-12-9-35)16-19-3-6-25(50-13-10-36)21(15-19)22-17-20(4-7-26(22)51-14-11-37)28(31(47)40-18)43(2)32(48)23(42-33(34)49)5-8-27(38)44/h3-4,6-7,15,17-18,23-24,28H,5,8,10-14,16,36-37H2,1-2H3,(H2,38,44)(H,39,46)(H,40,47)(H,41,45)(H,42,49)/t18-,23-,24-,28-/m0/s1. The Hall–Kier alpha value is -5.44. The largest absolute Gasteiger partial charge is 0.492 e. The lowest BCUT2D eigenvalue weighted by molar-refractivity contribution is -0.141. The molecule has 0 unspecified atom stereocenters. The molecule has 0 radical (unpaired) electrons. The number of amides is 6. The van der Waals surface area contributed by atoms with Gasteiger partial charge < -0.3 is 52.8 Å². The maximum absolute atomic E-state index is 14.1. The molecule has 17 nitrogen and oxygen atoms in total. The number of carbonyl (C=O) groups is 6. The van der Waals surface area contributed by atoms with Crippen molar-refractivity contribution in [1.82, 2.24) is 26.2 Å². The zero-order valence-corrected chi connectivity index (χ0v) is 29.0. The Kier molecular flexibility index (Phi) is 15.0. The topological polar surface area (TPSA) is 274 Å². The number of ether oxygens (including phenoxy) is 2. The maximum atomic E-state index is 14.1. The van der Waals surface area contributed by atoms with Crippen LogP contribution in [-0.2, 0) is 30.4 Å². The summed E-state index contributed by atoms with van der Waals surface area (Å²) in [5.74, 6) is -2.99. The molecule has 6 amide bonds. The van der Waals surface area contributed by atoms with Gasteiger partial charge in [0.1, 0.15) is 55.4 Å². The first-order valence-electron chi connectivity index (χ1n) is 16.0. The fraction of sp³-hybridized carbons (Fsp3) is 0.424. The third-order valence-electron chi connectivity index (χ3n) is 7.82. The number of nitriles is 1. The van der Waals surface area contributed by atoms with E-state index in [1.54, 1.807) is 36.4 Å². The molecule has 274 valence electrons. The number of rotatable bonds is 14. The predicted molar refractivity (Wildman–Crippen MR) is 185 cm³/mol. The van der Waals surface area contributed by atoms with Crippen LogP contribution >= 0.6 is 11.6 Å². The van der Waals surface area contributed by atoms with Crippen LogP contribution in [0.3, 0.4) is 0 Å². The Bertz CT molecular complexity index is 1670. The van der Waals surface area contributed by atoms with E-state index >= 15 is 0 Å². The first-order valence-corrected chi connectivity index (χ1v) is 16.4. The second-order valence-electron chi connectivity index (χ2n) is 11.6. The van der Waals surface area contributed by atoms with Gasteiger partial charge >= 0.3 is 5.37 Å². The second kappa shape index (κ2) is 19.1. The molecule has 2 aromatic carbocycles. The highest BCUT2D eigenvalue weighted by Gasteiger charge is 2.36. The van der Waals surface area contributed by atoms with Crippen molar-refractivity contribution in [2.45, 2.75) is 50.4 Å². The molecule has 51 heavy (non-hydrogen) atoms. The van der Waals surface area contributed by atoms with Crippen LogP contribution in [0.2, 0.25) is 0 Å². The fourth-order valence-electron chi connectivity index (χ4n) is 5.39. The van der Waals surface area contributed by atoms with Gasteiger partial charge in [-0.3, -0.25) is 28.8 Å². The summed E-state index contributed by atoms with van der Waals surface area (Å²) in [6, 6.07) is 6.51. The van der Waals surface area contributed by atoms with Gasteiger partial charge in [0.2, 0.25) is 29.5 Å². The van der Waals surface area contributed by atoms with Gasteiger partial charge in [0.05, 0.1) is 6.07 Å². The lowest BCUT2D eigenvalue weighted by atomic mass is 9.93. The number of nitrogens with zero attached hydrogens (tertiary/aromatic N) is 2. The number of primary amides is 1. The molecule has 1 heterocycles. The molecule has 1 aliphatic rings. The Morgan fingerprint density at radius 1 is 1.02 bits per heavy atom. The van der Waals surface area contributed by atoms with Gasteiger partial charge in [-0.05, 0) is 60.3 Å². The van der Waals surface area contributed by atoms with Crippen LogP contribution in [0.5, 0.6) is 11.5 Å². The highest BCUT2D eigenvalue weighted by molar-refractivity contribution is 6.63. The number of fused-ring (bicyclic) bond motifs is 5. The van der Waals surface area contributed by atoms with Crippen molar-refractivity contribution in [3.8, 4) is 28.7 Å². The molecule has 4 bridgehead atoms. The summed E-state index contributed by atoms with van der Waals surface area (Å²) in [5, 5.41) is 17.9. The molecule has 10 N–H and O–H groups in total. The molecule has 0 spiro atoms. The third kappa shape index (κ3) is 11.0. The molecule has 0 saturated heterocycles. The molecule has 0 fully saturated rings. The van der Waals surface area contributed by atoms with Crippen LogP contribution in [0.4, 0.5) is 4.79 Å². The quantitative estimate of drug-likeness (QED) is 0.0726. The number of likely N-dealkylation sites (N-methyl/N-ethyl adjacent to an activating group) is 1. The van der Waals surface area contributed by atoms with Gasteiger partial charge in [-0.25, -0.2) is 0 Å². The van der Waals surface area contributed by atoms with Crippen molar-refractivity contribution in [3.05, 3.63) is 47.5 Å². The van der Waals surface area contributed by atoms with E-state index in [2.05, 4.69) is 21.3 Å². The summed E-state index contributed by atoms with van der Waals surface area (Å²) >= 11 is 5.55. The van der Waals surface area contributed by atoms with Gasteiger partial charge in [0.15, 0.2) is 0 Å². The Balaban J connectivity index is 2.30. The van der Waals surface area contributed by atoms with Crippen molar-refractivity contribution in [2.75, 3.05) is 39.9 Å². The molecule has 2 aromatic rings. The Morgan fingerprint density at radius 3 is 2.24 bits per heavy atom. The summed E-state index contributed by atoms with van der Waals surface area (Å²) in [6.07, 6.45) is -0.506. The van der Waals surface area contributed by atoms with Crippen molar-refractivity contribution in [2.24, 2.45) is 17.2 Å². The lowest BCUT2D eigenvalue weighted by Crippen LogP contribution is -2.55. The highest BCUT2D eigenvalue weighted by Crippen LogP contribution is 2.40. The molecule has 0 aliphatic carbocycles. The first-order chi connectivity index (χ1) is 24.3. The average molecular weight is 728 g/mol. The van der Waals surface area contributed by atoms with E-state index in [1.165, 1.54) is 14.0 Å². The first kappa shape index (κ1) is 40.0. The van der Waals surface area contributed by atoms with Crippen LogP contribution in [0.1, 0.15) is 36.9 Å². The summed E-state index contributed by atoms with van der Waals surface area (Å²) in [4.78, 5) is 79.0.